The van der Waals surface area contributed by atoms with Gasteiger partial charge in [-0.15, -0.1) is 24.0 Å². The SMILES string of the molecule is CCOC(=O)C1CCCN(C(=NC)NCCC(=O)N2CCN(c3ccc(F)cc3)CC2)C1.I. The van der Waals surface area contributed by atoms with Crippen LogP contribution in [0.5, 0.6) is 0 Å². The maximum atomic E-state index is 13.1. The predicted octanol–water partition coefficient (Wildman–Crippen LogP) is 2.33. The zero-order valence-electron chi connectivity index (χ0n) is 19.5. The first-order valence-electron chi connectivity index (χ1n) is 11.4. The molecule has 1 N–H and O–H groups in total. The molecule has 0 aliphatic carbocycles. The fraction of sp³-hybridized carbons (Fsp3) is 0.609. The molecule has 2 heterocycles. The Morgan fingerprint density at radius 2 is 1.82 bits per heavy atom. The van der Waals surface area contributed by atoms with E-state index in [-0.39, 0.29) is 47.6 Å². The Balaban J connectivity index is 0.00000385. The number of likely N-dealkylation sites (tertiary alicyclic amines) is 1. The number of guanidine groups is 1. The lowest BCUT2D eigenvalue weighted by Crippen LogP contribution is -2.50. The van der Waals surface area contributed by atoms with Crippen molar-refractivity contribution in [2.24, 2.45) is 10.9 Å². The van der Waals surface area contributed by atoms with Gasteiger partial charge in [0.1, 0.15) is 5.82 Å². The number of piperidine rings is 1. The number of amides is 1. The van der Waals surface area contributed by atoms with E-state index in [0.717, 1.165) is 38.2 Å². The highest BCUT2D eigenvalue weighted by atomic mass is 127. The summed E-state index contributed by atoms with van der Waals surface area (Å²) in [5.41, 5.74) is 0.978. The van der Waals surface area contributed by atoms with Crippen LogP contribution in [0.3, 0.4) is 0 Å². The summed E-state index contributed by atoms with van der Waals surface area (Å²) in [5.74, 6) is 0.289. The van der Waals surface area contributed by atoms with Crippen LogP contribution in [0.15, 0.2) is 29.3 Å². The van der Waals surface area contributed by atoms with Gasteiger partial charge in [0.05, 0.1) is 12.5 Å². The van der Waals surface area contributed by atoms with Crippen molar-refractivity contribution in [2.75, 3.05) is 64.4 Å². The number of hydrogen-bond donors (Lipinski definition) is 1. The fourth-order valence-electron chi connectivity index (χ4n) is 4.26. The van der Waals surface area contributed by atoms with E-state index in [0.29, 0.717) is 45.2 Å². The van der Waals surface area contributed by atoms with Crippen LogP contribution in [-0.2, 0) is 14.3 Å². The van der Waals surface area contributed by atoms with E-state index in [1.807, 2.05) is 11.8 Å². The number of piperazine rings is 1. The van der Waals surface area contributed by atoms with Gasteiger partial charge in [-0.3, -0.25) is 14.6 Å². The molecule has 10 heteroatoms. The minimum absolute atomic E-state index is 0. The second-order valence-corrected chi connectivity index (χ2v) is 8.11. The summed E-state index contributed by atoms with van der Waals surface area (Å²) >= 11 is 0. The molecule has 2 fully saturated rings. The fourth-order valence-corrected chi connectivity index (χ4v) is 4.26. The van der Waals surface area contributed by atoms with Crippen LogP contribution in [0.4, 0.5) is 10.1 Å². The van der Waals surface area contributed by atoms with Crippen molar-refractivity contribution in [1.82, 2.24) is 15.1 Å². The second-order valence-electron chi connectivity index (χ2n) is 8.11. The molecular weight excluding hydrogens is 540 g/mol. The van der Waals surface area contributed by atoms with Gasteiger partial charge in [0.2, 0.25) is 5.91 Å². The molecule has 33 heavy (non-hydrogen) atoms. The largest absolute Gasteiger partial charge is 0.466 e. The minimum Gasteiger partial charge on any atom is -0.466 e. The minimum atomic E-state index is -0.244. The molecule has 0 saturated carbocycles. The molecule has 3 rings (SSSR count). The number of aliphatic imine (C=N–C) groups is 1. The van der Waals surface area contributed by atoms with Gasteiger partial charge in [-0.05, 0) is 44.0 Å². The number of carbonyl (C=O) groups is 2. The van der Waals surface area contributed by atoms with E-state index in [4.69, 9.17) is 4.74 Å². The van der Waals surface area contributed by atoms with Gasteiger partial charge in [-0.25, -0.2) is 4.39 Å². The average Bonchev–Trinajstić information content (AvgIpc) is 2.82. The molecule has 1 amide bonds. The van der Waals surface area contributed by atoms with Crippen LogP contribution in [0.1, 0.15) is 26.2 Å². The Bertz CT molecular complexity index is 800. The molecule has 0 aromatic heterocycles. The zero-order chi connectivity index (χ0) is 22.9. The smallest absolute Gasteiger partial charge is 0.310 e. The van der Waals surface area contributed by atoms with Crippen molar-refractivity contribution in [3.05, 3.63) is 30.1 Å². The average molecular weight is 575 g/mol. The monoisotopic (exact) mass is 575 g/mol. The van der Waals surface area contributed by atoms with E-state index in [2.05, 4.69) is 20.1 Å². The topological polar surface area (TPSA) is 77.5 Å². The van der Waals surface area contributed by atoms with E-state index < -0.39 is 0 Å². The maximum Gasteiger partial charge on any atom is 0.310 e. The Hall–Kier alpha value is -2.11. The number of halogens is 2. The van der Waals surface area contributed by atoms with E-state index in [1.165, 1.54) is 12.1 Å². The maximum absolute atomic E-state index is 13.1. The van der Waals surface area contributed by atoms with Gasteiger partial charge in [-0.1, -0.05) is 0 Å². The third-order valence-electron chi connectivity index (χ3n) is 6.00. The van der Waals surface area contributed by atoms with Crippen molar-refractivity contribution in [3.63, 3.8) is 0 Å². The van der Waals surface area contributed by atoms with E-state index in [1.54, 1.807) is 19.2 Å². The summed E-state index contributed by atoms with van der Waals surface area (Å²) in [6.07, 6.45) is 2.11. The zero-order valence-corrected chi connectivity index (χ0v) is 21.8. The second kappa shape index (κ2) is 13.6. The molecule has 2 aliphatic rings. The number of nitrogens with zero attached hydrogens (tertiary/aromatic N) is 4. The number of anilines is 1. The van der Waals surface area contributed by atoms with Gasteiger partial charge < -0.3 is 24.8 Å². The molecule has 2 aliphatic heterocycles. The van der Waals surface area contributed by atoms with Gasteiger partial charge in [0.15, 0.2) is 5.96 Å². The van der Waals surface area contributed by atoms with Gasteiger partial charge >= 0.3 is 5.97 Å². The highest BCUT2D eigenvalue weighted by Gasteiger charge is 2.28. The summed E-state index contributed by atoms with van der Waals surface area (Å²) in [6.45, 7) is 6.87. The normalized spacial score (nSPS) is 19.1. The number of carbonyl (C=O) groups excluding carboxylic acids is 2. The molecule has 1 aromatic carbocycles. The molecule has 1 unspecified atom stereocenters. The van der Waals surface area contributed by atoms with Crippen LogP contribution in [-0.4, -0.2) is 87.1 Å². The highest BCUT2D eigenvalue weighted by molar-refractivity contribution is 14.0. The van der Waals surface area contributed by atoms with Crippen molar-refractivity contribution in [2.45, 2.75) is 26.2 Å². The lowest BCUT2D eigenvalue weighted by Gasteiger charge is -2.36. The molecule has 0 spiro atoms. The number of hydrogen-bond acceptors (Lipinski definition) is 5. The van der Waals surface area contributed by atoms with Gasteiger partial charge in [0.25, 0.3) is 0 Å². The third kappa shape index (κ3) is 7.72. The Labute approximate surface area is 212 Å². The molecule has 184 valence electrons. The first kappa shape index (κ1) is 27.1. The summed E-state index contributed by atoms with van der Waals surface area (Å²) in [5, 5.41) is 3.27. The lowest BCUT2D eigenvalue weighted by molar-refractivity contribution is -0.149. The predicted molar refractivity (Wildman–Crippen MR) is 138 cm³/mol. The Morgan fingerprint density at radius 3 is 2.45 bits per heavy atom. The molecule has 1 atom stereocenters. The van der Waals surface area contributed by atoms with E-state index in [9.17, 15) is 14.0 Å². The quantitative estimate of drug-likeness (QED) is 0.243. The summed E-state index contributed by atoms with van der Waals surface area (Å²) in [7, 11) is 1.72. The molecule has 0 bridgehead atoms. The molecule has 0 radical (unpaired) electrons. The summed E-state index contributed by atoms with van der Waals surface area (Å²) < 4.78 is 18.3. The van der Waals surface area contributed by atoms with Crippen LogP contribution in [0, 0.1) is 11.7 Å². The molecule has 8 nitrogen and oxygen atoms in total. The number of benzene rings is 1. The standard InChI is InChI=1S/C23H34FN5O3.HI/c1-3-32-22(31)18-5-4-12-29(17-18)23(25-2)26-11-10-21(30)28-15-13-27(14-16-28)20-8-6-19(24)7-9-20;/h6-9,18H,3-5,10-17H2,1-2H3,(H,25,26);1H. The van der Waals surface area contributed by atoms with Crippen LogP contribution in [0.2, 0.25) is 0 Å². The van der Waals surface area contributed by atoms with Crippen molar-refractivity contribution in [1.29, 1.82) is 0 Å². The van der Waals surface area contributed by atoms with Crippen molar-refractivity contribution < 1.29 is 18.7 Å². The molecular formula is C23H35FIN5O3. The molecule has 2 saturated heterocycles. The van der Waals surface area contributed by atoms with E-state index >= 15 is 0 Å². The first-order chi connectivity index (χ1) is 15.5. The summed E-state index contributed by atoms with van der Waals surface area (Å²) in [6, 6.07) is 6.47. The highest BCUT2D eigenvalue weighted by Crippen LogP contribution is 2.19. The number of esters is 1. The van der Waals surface area contributed by atoms with Crippen LogP contribution >= 0.6 is 24.0 Å². The van der Waals surface area contributed by atoms with Gasteiger partial charge in [0, 0.05) is 65.0 Å². The molecule has 1 aromatic rings. The van der Waals surface area contributed by atoms with Gasteiger partial charge in [-0.2, -0.15) is 0 Å². The number of nitrogens with one attached hydrogen (secondary N) is 1. The van der Waals surface area contributed by atoms with Crippen molar-refractivity contribution >= 4 is 47.5 Å². The third-order valence-corrected chi connectivity index (χ3v) is 6.00. The van der Waals surface area contributed by atoms with Crippen LogP contribution in [0.25, 0.3) is 0 Å². The van der Waals surface area contributed by atoms with Crippen LogP contribution < -0.4 is 10.2 Å². The summed E-state index contributed by atoms with van der Waals surface area (Å²) in [4.78, 5) is 35.2. The first-order valence-corrected chi connectivity index (χ1v) is 11.4. The lowest BCUT2D eigenvalue weighted by atomic mass is 9.98. The number of ether oxygens (including phenoxy) is 1. The Kier molecular flexibility index (Phi) is 11.2. The Morgan fingerprint density at radius 1 is 1.12 bits per heavy atom. The van der Waals surface area contributed by atoms with Crippen molar-refractivity contribution in [3.8, 4) is 0 Å². The number of rotatable bonds is 6.